The van der Waals surface area contributed by atoms with E-state index in [2.05, 4.69) is 9.97 Å². The number of nitrogens with zero attached hydrogens (tertiary/aromatic N) is 3. The molecule has 1 aliphatic rings. The maximum atomic E-state index is 13.8. The fourth-order valence-electron chi connectivity index (χ4n) is 4.43. The minimum atomic E-state index is -2.73. The molecule has 0 spiro atoms. The molecule has 1 fully saturated rings. The molecular weight excluding hydrogens is 480 g/mol. The highest BCUT2D eigenvalue weighted by Crippen LogP contribution is 2.33. The van der Waals surface area contributed by atoms with E-state index in [4.69, 9.17) is 25.5 Å². The van der Waals surface area contributed by atoms with E-state index in [9.17, 15) is 13.6 Å². The Morgan fingerprint density at radius 2 is 2.14 bits per heavy atom. The second-order valence-corrected chi connectivity index (χ2v) is 9.38. The topological polar surface area (TPSA) is 77.7 Å². The van der Waals surface area contributed by atoms with E-state index in [1.165, 1.54) is 18.1 Å². The fourth-order valence-corrected chi connectivity index (χ4v) is 4.61. The number of oxazole rings is 1. The number of methoxy groups -OCH3 is 1. The number of aryl methyl sites for hydroxylation is 2. The quantitative estimate of drug-likeness (QED) is 0.410. The van der Waals surface area contributed by atoms with Crippen molar-refractivity contribution in [3.05, 3.63) is 52.6 Å². The normalized spacial score (nSPS) is 20.5. The molecule has 2 unspecified atom stereocenters. The third-order valence-corrected chi connectivity index (χ3v) is 6.41. The predicted octanol–water partition coefficient (Wildman–Crippen LogP) is 5.33. The summed E-state index contributed by atoms with van der Waals surface area (Å²) in [5.74, 6) is 0.231. The van der Waals surface area contributed by atoms with Gasteiger partial charge in [0.1, 0.15) is 11.6 Å². The molecular formula is C25H28ClF2N3O4. The average Bonchev–Trinajstić information content (AvgIpc) is 3.24. The molecule has 4 rings (SSSR count). The molecule has 0 N–H and O–H groups in total. The van der Waals surface area contributed by atoms with Crippen molar-refractivity contribution in [1.29, 1.82) is 0 Å². The maximum absolute atomic E-state index is 13.8. The van der Waals surface area contributed by atoms with Gasteiger partial charge in [0.2, 0.25) is 0 Å². The second-order valence-electron chi connectivity index (χ2n) is 8.95. The number of benzene rings is 1. The third kappa shape index (κ3) is 5.56. The van der Waals surface area contributed by atoms with Gasteiger partial charge in [0.05, 0.1) is 25.9 Å². The molecule has 0 radical (unpaired) electrons. The molecule has 2 atom stereocenters. The van der Waals surface area contributed by atoms with E-state index in [1.54, 1.807) is 24.4 Å². The molecule has 3 aromatic rings. The lowest BCUT2D eigenvalue weighted by Crippen LogP contribution is -2.59. The van der Waals surface area contributed by atoms with Crippen molar-refractivity contribution >= 4 is 28.6 Å². The van der Waals surface area contributed by atoms with Gasteiger partial charge in [-0.05, 0) is 44.0 Å². The van der Waals surface area contributed by atoms with E-state index in [0.717, 1.165) is 12.1 Å². The van der Waals surface area contributed by atoms with Crippen LogP contribution >= 0.6 is 11.6 Å². The number of morpholine rings is 1. The van der Waals surface area contributed by atoms with Gasteiger partial charge in [0.25, 0.3) is 12.3 Å². The van der Waals surface area contributed by atoms with Crippen molar-refractivity contribution in [2.45, 2.75) is 57.6 Å². The Bertz CT molecular complexity index is 1200. The summed E-state index contributed by atoms with van der Waals surface area (Å²) >= 11 is 6.02. The van der Waals surface area contributed by atoms with Crippen LogP contribution in [0.2, 0.25) is 5.02 Å². The molecule has 10 heteroatoms. The van der Waals surface area contributed by atoms with E-state index in [0.29, 0.717) is 47.0 Å². The molecule has 35 heavy (non-hydrogen) atoms. The number of alkyl halides is 2. The number of aromatic nitrogens is 2. The zero-order valence-corrected chi connectivity index (χ0v) is 20.6. The summed E-state index contributed by atoms with van der Waals surface area (Å²) in [5.41, 5.74) is 1.13. The molecule has 7 nitrogen and oxygen atoms in total. The van der Waals surface area contributed by atoms with Crippen LogP contribution in [0, 0.1) is 0 Å². The van der Waals surface area contributed by atoms with Gasteiger partial charge in [-0.15, -0.1) is 0 Å². The molecule has 1 saturated heterocycles. The summed E-state index contributed by atoms with van der Waals surface area (Å²) in [5, 5.41) is 0.595. The van der Waals surface area contributed by atoms with Gasteiger partial charge >= 0.3 is 0 Å². The smallest absolute Gasteiger partial charge is 0.260 e. The monoisotopic (exact) mass is 507 g/mol. The number of hydrogen-bond acceptors (Lipinski definition) is 6. The molecule has 3 heterocycles. The number of pyridine rings is 1. The van der Waals surface area contributed by atoms with Gasteiger partial charge in [-0.25, -0.2) is 13.8 Å². The molecule has 0 aliphatic carbocycles. The van der Waals surface area contributed by atoms with E-state index in [-0.39, 0.29) is 18.7 Å². The number of halogens is 3. The minimum absolute atomic E-state index is 0.0751. The van der Waals surface area contributed by atoms with Crippen LogP contribution in [0.3, 0.4) is 0 Å². The number of carbonyl (C=O) groups is 1. The fraction of sp³-hybridized carbons (Fsp3) is 0.480. The first-order valence-corrected chi connectivity index (χ1v) is 11.9. The zero-order chi connectivity index (χ0) is 25.2. The highest BCUT2D eigenvalue weighted by molar-refractivity contribution is 6.30. The van der Waals surface area contributed by atoms with Gasteiger partial charge in [-0.3, -0.25) is 9.78 Å². The Morgan fingerprint density at radius 3 is 2.83 bits per heavy atom. The Morgan fingerprint density at radius 1 is 1.34 bits per heavy atom. The molecule has 188 valence electrons. The molecule has 1 aromatic carbocycles. The molecule has 2 aromatic heterocycles. The first-order valence-electron chi connectivity index (χ1n) is 11.5. The Kier molecular flexibility index (Phi) is 7.56. The lowest BCUT2D eigenvalue weighted by Gasteiger charge is -2.45. The van der Waals surface area contributed by atoms with Crippen LogP contribution < -0.4 is 4.74 Å². The van der Waals surface area contributed by atoms with Gasteiger partial charge in [-0.2, -0.15) is 0 Å². The minimum Gasteiger partial charge on any atom is -0.493 e. The number of fused-ring (bicyclic) bond motifs is 1. The van der Waals surface area contributed by atoms with Crippen molar-refractivity contribution in [1.82, 2.24) is 14.9 Å². The Labute approximate surface area is 207 Å². The zero-order valence-electron chi connectivity index (χ0n) is 19.9. The lowest BCUT2D eigenvalue weighted by atomic mass is 9.95. The molecule has 1 aliphatic heterocycles. The second kappa shape index (κ2) is 10.5. The van der Waals surface area contributed by atoms with Gasteiger partial charge < -0.3 is 18.8 Å². The van der Waals surface area contributed by atoms with E-state index in [1.807, 2.05) is 13.8 Å². The van der Waals surface area contributed by atoms with Crippen molar-refractivity contribution in [2.24, 2.45) is 0 Å². The first-order chi connectivity index (χ1) is 16.7. The summed E-state index contributed by atoms with van der Waals surface area (Å²) in [6, 6.07) is 5.21. The highest BCUT2D eigenvalue weighted by atomic mass is 35.5. The van der Waals surface area contributed by atoms with E-state index >= 15 is 0 Å². The lowest BCUT2D eigenvalue weighted by molar-refractivity contribution is -0.143. The summed E-state index contributed by atoms with van der Waals surface area (Å²) in [4.78, 5) is 23.5. The van der Waals surface area contributed by atoms with Crippen molar-refractivity contribution in [2.75, 3.05) is 20.3 Å². The van der Waals surface area contributed by atoms with Gasteiger partial charge in [0, 0.05) is 28.9 Å². The van der Waals surface area contributed by atoms with Gasteiger partial charge in [-0.1, -0.05) is 24.9 Å². The Balaban J connectivity index is 1.62. The largest absolute Gasteiger partial charge is 0.493 e. The number of rotatable bonds is 8. The summed E-state index contributed by atoms with van der Waals surface area (Å²) in [6.07, 6.45) is 1.39. The molecule has 0 saturated carbocycles. The van der Waals surface area contributed by atoms with E-state index < -0.39 is 24.0 Å². The van der Waals surface area contributed by atoms with Gasteiger partial charge in [0.15, 0.2) is 17.2 Å². The third-order valence-electron chi connectivity index (χ3n) is 6.18. The van der Waals surface area contributed by atoms with Crippen molar-refractivity contribution in [3.63, 3.8) is 0 Å². The van der Waals surface area contributed by atoms with Crippen LogP contribution in [0.15, 0.2) is 34.9 Å². The van der Waals surface area contributed by atoms with Crippen LogP contribution in [0.25, 0.3) is 11.1 Å². The van der Waals surface area contributed by atoms with Crippen LogP contribution in [0.5, 0.6) is 5.75 Å². The number of ether oxygens (including phenoxy) is 2. The molecule has 0 bridgehead atoms. The summed E-state index contributed by atoms with van der Waals surface area (Å²) in [6.45, 7) is 3.70. The SMILES string of the molecule is CCCC1(C)CN(C(=O)c2cc(OC)c3oc(CCc4cc(Cl)ccn4)nc3c2)C(C(F)F)CO1. The van der Waals surface area contributed by atoms with Crippen LogP contribution in [-0.2, 0) is 17.6 Å². The number of amides is 1. The average molecular weight is 508 g/mol. The van der Waals surface area contributed by atoms with Crippen LogP contribution in [0.1, 0.15) is 48.6 Å². The van der Waals surface area contributed by atoms with Crippen LogP contribution in [0.4, 0.5) is 8.78 Å². The van der Waals surface area contributed by atoms with Crippen molar-refractivity contribution < 1.29 is 27.5 Å². The standard InChI is InChI=1S/C25H28ClF2N3O4/c1-4-8-25(2)14-31(19(13-34-25)23(27)28)24(32)15-10-18-22(20(11-15)33-3)35-21(30-18)6-5-17-12-16(26)7-9-29-17/h7,9-12,19,23H,4-6,8,13-14H2,1-3H3. The number of carbonyl (C=O) groups excluding carboxylic acids is 1. The molecule has 1 amide bonds. The summed E-state index contributed by atoms with van der Waals surface area (Å²) < 4.78 is 44.7. The number of hydrogen-bond donors (Lipinski definition) is 0. The van der Waals surface area contributed by atoms with Crippen molar-refractivity contribution in [3.8, 4) is 5.75 Å². The predicted molar refractivity (Wildman–Crippen MR) is 127 cm³/mol. The van der Waals surface area contributed by atoms with Crippen LogP contribution in [-0.4, -0.2) is 59.1 Å². The highest BCUT2D eigenvalue weighted by Gasteiger charge is 2.43. The maximum Gasteiger partial charge on any atom is 0.260 e. The Hall–Kier alpha value is -2.78. The first kappa shape index (κ1) is 25.3. The summed E-state index contributed by atoms with van der Waals surface area (Å²) in [7, 11) is 1.45.